The number of ether oxygens (including phenoxy) is 1. The first-order valence-electron chi connectivity index (χ1n) is 8.75. The number of carbonyl (C=O) groups excluding carboxylic acids is 1. The summed E-state index contributed by atoms with van der Waals surface area (Å²) in [5.41, 5.74) is 0.870. The molecule has 0 bridgehead atoms. The largest absolute Gasteiger partial charge is 0.379 e. The van der Waals surface area contributed by atoms with Crippen LogP contribution in [-0.2, 0) is 16.0 Å². The number of fused-ring (bicyclic) bond motifs is 1. The van der Waals surface area contributed by atoms with Crippen LogP contribution in [0.3, 0.4) is 0 Å². The van der Waals surface area contributed by atoms with Crippen molar-refractivity contribution >= 4 is 22.2 Å². The Morgan fingerprint density at radius 3 is 2.96 bits per heavy atom. The second-order valence-electron chi connectivity index (χ2n) is 6.68. The highest BCUT2D eigenvalue weighted by molar-refractivity contribution is 7.15. The maximum absolute atomic E-state index is 12.7. The van der Waals surface area contributed by atoms with E-state index < -0.39 is 0 Å². The van der Waals surface area contributed by atoms with Gasteiger partial charge in [-0.25, -0.2) is 4.98 Å². The van der Waals surface area contributed by atoms with Gasteiger partial charge in [-0.1, -0.05) is 13.3 Å². The summed E-state index contributed by atoms with van der Waals surface area (Å²) in [5, 5.41) is 2.01. The van der Waals surface area contributed by atoms with E-state index in [0.29, 0.717) is 18.4 Å². The first kappa shape index (κ1) is 16.1. The van der Waals surface area contributed by atoms with Gasteiger partial charge >= 0.3 is 0 Å². The van der Waals surface area contributed by atoms with E-state index in [1.165, 1.54) is 0 Å². The molecule has 0 radical (unpaired) electrons. The Balaban J connectivity index is 1.41. The number of hydrogen-bond acceptors (Lipinski definition) is 5. The Hall–Kier alpha value is -1.44. The average molecular weight is 348 g/mol. The van der Waals surface area contributed by atoms with Crippen LogP contribution in [0.5, 0.6) is 0 Å². The van der Waals surface area contributed by atoms with Gasteiger partial charge in [-0.05, 0) is 5.92 Å². The summed E-state index contributed by atoms with van der Waals surface area (Å²) in [7, 11) is 0. The van der Waals surface area contributed by atoms with E-state index in [4.69, 9.17) is 4.74 Å². The number of aromatic nitrogens is 2. The standard InChI is InChI=1S/C17H24N4O2S/c1-2-13-10-21(12-15(13)19-3-6-23-7-4-19)16(22)9-14-11-20-5-8-24-17(20)18-14/h5,8,11,13,15H,2-4,6-7,9-10,12H2,1H3/t13-,15+/m1/s1. The summed E-state index contributed by atoms with van der Waals surface area (Å²) >= 11 is 1.60. The lowest BCUT2D eigenvalue weighted by molar-refractivity contribution is -0.129. The van der Waals surface area contributed by atoms with Crippen LogP contribution in [0.15, 0.2) is 17.8 Å². The molecule has 7 heteroatoms. The van der Waals surface area contributed by atoms with Gasteiger partial charge in [0.1, 0.15) is 0 Å². The van der Waals surface area contributed by atoms with E-state index in [2.05, 4.69) is 16.8 Å². The highest BCUT2D eigenvalue weighted by Crippen LogP contribution is 2.26. The first-order chi connectivity index (χ1) is 11.7. The Morgan fingerprint density at radius 2 is 2.21 bits per heavy atom. The summed E-state index contributed by atoms with van der Waals surface area (Å²) in [6, 6.07) is 0.480. The zero-order valence-electron chi connectivity index (χ0n) is 14.1. The van der Waals surface area contributed by atoms with Gasteiger partial charge in [0.15, 0.2) is 4.96 Å². The summed E-state index contributed by atoms with van der Waals surface area (Å²) < 4.78 is 7.46. The van der Waals surface area contributed by atoms with Crippen LogP contribution in [0.4, 0.5) is 0 Å². The monoisotopic (exact) mass is 348 g/mol. The molecule has 2 atom stereocenters. The van der Waals surface area contributed by atoms with Crippen LogP contribution < -0.4 is 0 Å². The Morgan fingerprint density at radius 1 is 1.38 bits per heavy atom. The van der Waals surface area contributed by atoms with Gasteiger partial charge in [0, 0.05) is 50.0 Å². The van der Waals surface area contributed by atoms with Crippen LogP contribution in [0.2, 0.25) is 0 Å². The summed E-state index contributed by atoms with van der Waals surface area (Å²) in [6.07, 6.45) is 5.47. The third kappa shape index (κ3) is 3.08. The van der Waals surface area contributed by atoms with Gasteiger partial charge in [-0.2, -0.15) is 0 Å². The third-order valence-electron chi connectivity index (χ3n) is 5.27. The molecule has 0 aromatic carbocycles. The fourth-order valence-corrected chi connectivity index (χ4v) is 4.63. The van der Waals surface area contributed by atoms with Crippen molar-refractivity contribution in [3.05, 3.63) is 23.5 Å². The van der Waals surface area contributed by atoms with Gasteiger partial charge in [0.2, 0.25) is 5.91 Å². The Bertz CT molecular complexity index is 678. The van der Waals surface area contributed by atoms with Gasteiger partial charge < -0.3 is 9.64 Å². The van der Waals surface area contributed by atoms with Crippen LogP contribution in [0.1, 0.15) is 19.0 Å². The van der Waals surface area contributed by atoms with Gasteiger partial charge in [0.25, 0.3) is 0 Å². The van der Waals surface area contributed by atoms with E-state index in [9.17, 15) is 4.79 Å². The van der Waals surface area contributed by atoms with Crippen molar-refractivity contribution in [2.24, 2.45) is 5.92 Å². The highest BCUT2D eigenvalue weighted by Gasteiger charge is 2.38. The second-order valence-corrected chi connectivity index (χ2v) is 7.56. The molecule has 0 aliphatic carbocycles. The minimum atomic E-state index is 0.204. The number of amides is 1. The molecule has 6 nitrogen and oxygen atoms in total. The molecule has 2 aromatic rings. The predicted octanol–water partition coefficient (Wildman–Crippen LogP) is 1.51. The number of likely N-dealkylation sites (tertiary alicyclic amines) is 1. The molecule has 2 saturated heterocycles. The lowest BCUT2D eigenvalue weighted by Gasteiger charge is -2.34. The third-order valence-corrected chi connectivity index (χ3v) is 6.04. The Kier molecular flexibility index (Phi) is 4.56. The number of hydrogen-bond donors (Lipinski definition) is 0. The zero-order chi connectivity index (χ0) is 16.5. The van der Waals surface area contributed by atoms with E-state index >= 15 is 0 Å². The number of thiazole rings is 1. The predicted molar refractivity (Wildman–Crippen MR) is 93.3 cm³/mol. The number of imidazole rings is 1. The van der Waals surface area contributed by atoms with Crippen molar-refractivity contribution in [1.29, 1.82) is 0 Å². The van der Waals surface area contributed by atoms with Gasteiger partial charge in [-0.3, -0.25) is 14.1 Å². The molecule has 24 heavy (non-hydrogen) atoms. The number of nitrogens with zero attached hydrogens (tertiary/aromatic N) is 4. The molecule has 2 aliphatic heterocycles. The molecule has 2 aliphatic rings. The number of morpholine rings is 1. The summed E-state index contributed by atoms with van der Waals surface area (Å²) in [5.74, 6) is 0.771. The molecule has 4 rings (SSSR count). The van der Waals surface area contributed by atoms with Crippen molar-refractivity contribution in [2.75, 3.05) is 39.4 Å². The molecule has 0 saturated carbocycles. The van der Waals surface area contributed by atoms with E-state index in [1.807, 2.05) is 27.1 Å². The summed E-state index contributed by atoms with van der Waals surface area (Å²) in [4.78, 5) is 22.8. The van der Waals surface area contributed by atoms with Crippen LogP contribution >= 0.6 is 11.3 Å². The lowest BCUT2D eigenvalue weighted by Crippen LogP contribution is -2.47. The van der Waals surface area contributed by atoms with Crippen LogP contribution in [0, 0.1) is 5.92 Å². The smallest absolute Gasteiger partial charge is 0.228 e. The number of rotatable bonds is 4. The average Bonchev–Trinajstić information content (AvgIpc) is 3.29. The zero-order valence-corrected chi connectivity index (χ0v) is 14.9. The van der Waals surface area contributed by atoms with Crippen molar-refractivity contribution in [2.45, 2.75) is 25.8 Å². The molecule has 0 spiro atoms. The molecule has 4 heterocycles. The van der Waals surface area contributed by atoms with Gasteiger partial charge in [0.05, 0.1) is 25.3 Å². The molecular formula is C17H24N4O2S. The maximum atomic E-state index is 12.7. The van der Waals surface area contributed by atoms with E-state index in [-0.39, 0.29) is 5.91 Å². The highest BCUT2D eigenvalue weighted by atomic mass is 32.1. The molecule has 1 amide bonds. The van der Waals surface area contributed by atoms with E-state index in [1.54, 1.807) is 11.3 Å². The molecule has 0 unspecified atom stereocenters. The van der Waals surface area contributed by atoms with Crippen LogP contribution in [0.25, 0.3) is 4.96 Å². The molecular weight excluding hydrogens is 324 g/mol. The van der Waals surface area contributed by atoms with Crippen LogP contribution in [-0.4, -0.2) is 70.5 Å². The normalized spacial score (nSPS) is 25.6. The first-order valence-corrected chi connectivity index (χ1v) is 9.63. The number of carbonyl (C=O) groups is 1. The van der Waals surface area contributed by atoms with Crippen molar-refractivity contribution < 1.29 is 9.53 Å². The lowest BCUT2D eigenvalue weighted by atomic mass is 9.99. The minimum Gasteiger partial charge on any atom is -0.379 e. The van der Waals surface area contributed by atoms with Crippen molar-refractivity contribution in [3.8, 4) is 0 Å². The maximum Gasteiger partial charge on any atom is 0.228 e. The van der Waals surface area contributed by atoms with Gasteiger partial charge in [-0.15, -0.1) is 11.3 Å². The fourth-order valence-electron chi connectivity index (χ4n) is 3.91. The van der Waals surface area contributed by atoms with E-state index in [0.717, 1.165) is 56.5 Å². The van der Waals surface area contributed by atoms with Crippen molar-refractivity contribution in [1.82, 2.24) is 19.2 Å². The fraction of sp³-hybridized carbons (Fsp3) is 0.647. The summed E-state index contributed by atoms with van der Waals surface area (Å²) in [6.45, 7) is 7.55. The minimum absolute atomic E-state index is 0.204. The quantitative estimate of drug-likeness (QED) is 0.840. The molecule has 0 N–H and O–H groups in total. The van der Waals surface area contributed by atoms with Crippen molar-refractivity contribution in [3.63, 3.8) is 0 Å². The molecule has 2 fully saturated rings. The molecule has 130 valence electrons. The molecule has 2 aromatic heterocycles. The Labute approximate surface area is 146 Å². The second kappa shape index (κ2) is 6.82. The topological polar surface area (TPSA) is 50.1 Å². The SMILES string of the molecule is CC[C@@H]1CN(C(=O)Cc2cn3ccsc3n2)C[C@@H]1N1CCOCC1.